The quantitative estimate of drug-likeness (QED) is 0.640. The SMILES string of the molecule is CCOC(=O)c1csc(CN(C(=O)COc2ccc(Cl)cc2)C2CC2)n1. The minimum Gasteiger partial charge on any atom is -0.484 e. The first-order valence-corrected chi connectivity index (χ1v) is 9.62. The molecule has 0 radical (unpaired) electrons. The lowest BCUT2D eigenvalue weighted by Crippen LogP contribution is -2.36. The van der Waals surface area contributed by atoms with Crippen molar-refractivity contribution in [1.29, 1.82) is 0 Å². The van der Waals surface area contributed by atoms with Gasteiger partial charge in [0.25, 0.3) is 5.91 Å². The summed E-state index contributed by atoms with van der Waals surface area (Å²) in [7, 11) is 0. The van der Waals surface area contributed by atoms with Crippen LogP contribution in [0, 0.1) is 0 Å². The molecule has 1 heterocycles. The van der Waals surface area contributed by atoms with Crippen LogP contribution in [0.4, 0.5) is 0 Å². The largest absolute Gasteiger partial charge is 0.484 e. The average Bonchev–Trinajstić information content (AvgIpc) is 3.36. The molecule has 8 heteroatoms. The van der Waals surface area contributed by atoms with Crippen molar-refractivity contribution >= 4 is 34.8 Å². The molecular weight excluding hydrogens is 376 g/mol. The minimum atomic E-state index is -0.439. The molecule has 138 valence electrons. The van der Waals surface area contributed by atoms with Crippen LogP contribution in [0.1, 0.15) is 35.3 Å². The van der Waals surface area contributed by atoms with Crippen molar-refractivity contribution in [3.63, 3.8) is 0 Å². The molecule has 26 heavy (non-hydrogen) atoms. The van der Waals surface area contributed by atoms with Gasteiger partial charge in [-0.25, -0.2) is 9.78 Å². The normalized spacial score (nSPS) is 13.3. The third kappa shape index (κ3) is 4.95. The van der Waals surface area contributed by atoms with Gasteiger partial charge in [-0.05, 0) is 44.0 Å². The van der Waals surface area contributed by atoms with Crippen LogP contribution in [0.2, 0.25) is 5.02 Å². The molecule has 1 amide bonds. The van der Waals surface area contributed by atoms with Gasteiger partial charge >= 0.3 is 5.97 Å². The van der Waals surface area contributed by atoms with E-state index in [2.05, 4.69) is 4.98 Å². The van der Waals surface area contributed by atoms with Gasteiger partial charge in [-0.15, -0.1) is 11.3 Å². The lowest BCUT2D eigenvalue weighted by molar-refractivity contribution is -0.134. The maximum atomic E-state index is 12.6. The Balaban J connectivity index is 1.59. The maximum absolute atomic E-state index is 12.6. The maximum Gasteiger partial charge on any atom is 0.357 e. The summed E-state index contributed by atoms with van der Waals surface area (Å²) in [5.41, 5.74) is 0.285. The van der Waals surface area contributed by atoms with Gasteiger partial charge in [-0.1, -0.05) is 11.6 Å². The molecule has 0 saturated heterocycles. The summed E-state index contributed by atoms with van der Waals surface area (Å²) in [5, 5.41) is 2.98. The van der Waals surface area contributed by atoms with Crippen molar-refractivity contribution in [3.8, 4) is 5.75 Å². The van der Waals surface area contributed by atoms with Gasteiger partial charge in [0, 0.05) is 16.4 Å². The summed E-state index contributed by atoms with van der Waals surface area (Å²) >= 11 is 7.19. The van der Waals surface area contributed by atoms with Crippen LogP contribution < -0.4 is 4.74 Å². The molecule has 1 saturated carbocycles. The monoisotopic (exact) mass is 394 g/mol. The highest BCUT2D eigenvalue weighted by Gasteiger charge is 2.33. The molecule has 0 unspecified atom stereocenters. The Labute approximate surface area is 160 Å². The van der Waals surface area contributed by atoms with Crippen molar-refractivity contribution in [3.05, 3.63) is 45.4 Å². The van der Waals surface area contributed by atoms with Crippen LogP contribution in [0.5, 0.6) is 5.75 Å². The van der Waals surface area contributed by atoms with Crippen LogP contribution >= 0.6 is 22.9 Å². The highest BCUT2D eigenvalue weighted by Crippen LogP contribution is 2.29. The number of benzene rings is 1. The van der Waals surface area contributed by atoms with E-state index in [1.165, 1.54) is 11.3 Å². The number of esters is 1. The number of hydrogen-bond donors (Lipinski definition) is 0. The molecule has 1 aromatic heterocycles. The van der Waals surface area contributed by atoms with E-state index in [-0.39, 0.29) is 24.2 Å². The summed E-state index contributed by atoms with van der Waals surface area (Å²) in [6, 6.07) is 7.10. The van der Waals surface area contributed by atoms with E-state index < -0.39 is 5.97 Å². The van der Waals surface area contributed by atoms with Gasteiger partial charge in [0.15, 0.2) is 12.3 Å². The van der Waals surface area contributed by atoms with Crippen LogP contribution in [-0.4, -0.2) is 41.0 Å². The van der Waals surface area contributed by atoms with Gasteiger partial charge in [0.05, 0.1) is 13.2 Å². The van der Waals surface area contributed by atoms with Crippen LogP contribution in [0.25, 0.3) is 0 Å². The Morgan fingerprint density at radius 1 is 1.31 bits per heavy atom. The lowest BCUT2D eigenvalue weighted by atomic mass is 10.3. The number of amides is 1. The number of thiazole rings is 1. The van der Waals surface area contributed by atoms with E-state index in [1.807, 2.05) is 0 Å². The number of hydrogen-bond acceptors (Lipinski definition) is 6. The number of carbonyl (C=O) groups excluding carboxylic acids is 2. The fourth-order valence-electron chi connectivity index (χ4n) is 2.39. The molecule has 1 aromatic carbocycles. The predicted molar refractivity (Wildman–Crippen MR) is 98.6 cm³/mol. The Morgan fingerprint density at radius 2 is 2.04 bits per heavy atom. The first-order valence-electron chi connectivity index (χ1n) is 8.36. The van der Waals surface area contributed by atoms with E-state index in [0.717, 1.165) is 12.8 Å². The van der Waals surface area contributed by atoms with Crippen molar-refractivity contribution in [2.75, 3.05) is 13.2 Å². The second kappa shape index (κ2) is 8.51. The summed E-state index contributed by atoms with van der Waals surface area (Å²) in [6.07, 6.45) is 1.95. The molecule has 1 fully saturated rings. The molecule has 0 atom stereocenters. The number of carbonyl (C=O) groups is 2. The molecule has 0 spiro atoms. The molecule has 0 aliphatic heterocycles. The van der Waals surface area contributed by atoms with E-state index in [4.69, 9.17) is 21.1 Å². The Hall–Kier alpha value is -2.12. The number of nitrogens with zero attached hydrogens (tertiary/aromatic N) is 2. The van der Waals surface area contributed by atoms with Crippen LogP contribution in [0.15, 0.2) is 29.6 Å². The molecule has 0 bridgehead atoms. The lowest BCUT2D eigenvalue weighted by Gasteiger charge is -2.21. The van der Waals surface area contributed by atoms with Gasteiger partial charge < -0.3 is 14.4 Å². The summed E-state index contributed by atoms with van der Waals surface area (Å²) in [6.45, 7) is 2.38. The van der Waals surface area contributed by atoms with Crippen molar-refractivity contribution in [2.24, 2.45) is 0 Å². The second-order valence-corrected chi connectivity index (χ2v) is 7.22. The first kappa shape index (κ1) is 18.7. The predicted octanol–water partition coefficient (Wildman–Crippen LogP) is 3.54. The highest BCUT2D eigenvalue weighted by atomic mass is 35.5. The molecule has 0 N–H and O–H groups in total. The highest BCUT2D eigenvalue weighted by molar-refractivity contribution is 7.09. The molecule has 1 aliphatic rings. The standard InChI is InChI=1S/C18H19ClN2O4S/c1-2-24-18(23)15-11-26-16(20-15)9-21(13-5-6-13)17(22)10-25-14-7-3-12(19)4-8-14/h3-4,7-8,11,13H,2,5-6,9-10H2,1H3. The van der Waals surface area contributed by atoms with Gasteiger partial charge in [-0.3, -0.25) is 4.79 Å². The number of rotatable bonds is 8. The second-order valence-electron chi connectivity index (χ2n) is 5.84. The third-order valence-electron chi connectivity index (χ3n) is 3.83. The van der Waals surface area contributed by atoms with Crippen molar-refractivity contribution in [2.45, 2.75) is 32.4 Å². The Kier molecular flexibility index (Phi) is 6.11. The minimum absolute atomic E-state index is 0.0474. The molecule has 2 aromatic rings. The molecule has 1 aliphatic carbocycles. The zero-order chi connectivity index (χ0) is 18.5. The molecular formula is C18H19ClN2O4S. The van der Waals surface area contributed by atoms with Crippen molar-refractivity contribution in [1.82, 2.24) is 9.88 Å². The fourth-order valence-corrected chi connectivity index (χ4v) is 3.28. The van der Waals surface area contributed by atoms with E-state index in [0.29, 0.717) is 28.9 Å². The summed E-state index contributed by atoms with van der Waals surface area (Å²) in [4.78, 5) is 30.3. The van der Waals surface area contributed by atoms with E-state index in [9.17, 15) is 9.59 Å². The number of aromatic nitrogens is 1. The van der Waals surface area contributed by atoms with Crippen LogP contribution in [-0.2, 0) is 16.1 Å². The van der Waals surface area contributed by atoms with E-state index in [1.54, 1.807) is 41.5 Å². The number of halogens is 1. The first-order chi connectivity index (χ1) is 12.6. The third-order valence-corrected chi connectivity index (χ3v) is 4.91. The molecule has 6 nitrogen and oxygen atoms in total. The van der Waals surface area contributed by atoms with Gasteiger partial charge in [0.2, 0.25) is 0 Å². The Morgan fingerprint density at radius 3 is 2.69 bits per heavy atom. The van der Waals surface area contributed by atoms with Crippen molar-refractivity contribution < 1.29 is 19.1 Å². The van der Waals surface area contributed by atoms with Crippen LogP contribution in [0.3, 0.4) is 0 Å². The van der Waals surface area contributed by atoms with Gasteiger partial charge in [-0.2, -0.15) is 0 Å². The zero-order valence-electron chi connectivity index (χ0n) is 14.3. The van der Waals surface area contributed by atoms with E-state index >= 15 is 0 Å². The topological polar surface area (TPSA) is 68.7 Å². The summed E-state index contributed by atoms with van der Waals surface area (Å²) in [5.74, 6) is 0.0537. The fraction of sp³-hybridized carbons (Fsp3) is 0.389. The smallest absolute Gasteiger partial charge is 0.357 e. The Bertz CT molecular complexity index is 774. The molecule has 3 rings (SSSR count). The average molecular weight is 395 g/mol. The zero-order valence-corrected chi connectivity index (χ0v) is 15.9. The number of ether oxygens (including phenoxy) is 2. The summed E-state index contributed by atoms with van der Waals surface area (Å²) < 4.78 is 10.5. The van der Waals surface area contributed by atoms with Gasteiger partial charge in [0.1, 0.15) is 10.8 Å².